The number of aromatic amines is 1. The van der Waals surface area contributed by atoms with Gasteiger partial charge in [0.15, 0.2) is 11.5 Å². The van der Waals surface area contributed by atoms with Crippen molar-refractivity contribution in [3.8, 4) is 22.8 Å². The SMILES string of the molecule is COCC1(CN(C)c2cc(-c3cc(C4CC4)nc(C(F)(F)F)c3)nc3nc(-c4cnc(N5[C@@H]6CC[C@H]5CC(OCC(=O)[O-])C6)cn4)[nH]c23)CCCCC1.[Na+]. The number of carboxylic acids is 1. The first-order valence-corrected chi connectivity index (χ1v) is 18.6. The molecule has 4 aliphatic rings. The Bertz CT molecular complexity index is 1950. The van der Waals surface area contributed by atoms with Crippen LogP contribution in [0.15, 0.2) is 30.6 Å². The molecule has 3 atom stereocenters. The van der Waals surface area contributed by atoms with Gasteiger partial charge in [-0.3, -0.25) is 0 Å². The van der Waals surface area contributed by atoms with Crippen molar-refractivity contribution in [1.82, 2.24) is 29.9 Å². The minimum absolute atomic E-state index is 0. The van der Waals surface area contributed by atoms with Gasteiger partial charge in [0.2, 0.25) is 0 Å². The quantitative estimate of drug-likeness (QED) is 0.213. The van der Waals surface area contributed by atoms with Crippen LogP contribution in [-0.2, 0) is 20.4 Å². The van der Waals surface area contributed by atoms with Crippen molar-refractivity contribution in [3.05, 3.63) is 42.0 Å². The summed E-state index contributed by atoms with van der Waals surface area (Å²) in [6.45, 7) is 0.901. The van der Waals surface area contributed by atoms with Gasteiger partial charge in [-0.15, -0.1) is 0 Å². The molecule has 1 unspecified atom stereocenters. The number of halogens is 3. The average molecular weight is 757 g/mol. The first-order valence-electron chi connectivity index (χ1n) is 18.6. The Morgan fingerprint density at radius 1 is 1.00 bits per heavy atom. The number of carbonyl (C=O) groups is 1. The number of H-pyrrole nitrogens is 1. The fourth-order valence-corrected chi connectivity index (χ4v) is 8.92. The number of alkyl halides is 3. The van der Waals surface area contributed by atoms with Crippen LogP contribution in [0, 0.1) is 5.41 Å². The smallest absolute Gasteiger partial charge is 0.548 e. The van der Waals surface area contributed by atoms with Crippen molar-refractivity contribution < 1.29 is 62.1 Å². The van der Waals surface area contributed by atoms with E-state index < -0.39 is 24.4 Å². The van der Waals surface area contributed by atoms with E-state index in [1.54, 1.807) is 25.6 Å². The van der Waals surface area contributed by atoms with Crippen LogP contribution in [0.3, 0.4) is 0 Å². The molecule has 4 aromatic heterocycles. The Morgan fingerprint density at radius 2 is 1.74 bits per heavy atom. The maximum atomic E-state index is 14.1. The van der Waals surface area contributed by atoms with E-state index in [4.69, 9.17) is 29.4 Å². The molecule has 4 fully saturated rings. The number of carbonyl (C=O) groups excluding carboxylic acids is 1. The molecule has 0 spiro atoms. The zero-order valence-electron chi connectivity index (χ0n) is 31.0. The molecule has 282 valence electrons. The molecular weight excluding hydrogens is 712 g/mol. The third-order valence-electron chi connectivity index (χ3n) is 11.5. The number of hydrogen-bond donors (Lipinski definition) is 1. The molecule has 0 radical (unpaired) electrons. The van der Waals surface area contributed by atoms with Gasteiger partial charge in [-0.25, -0.2) is 24.9 Å². The van der Waals surface area contributed by atoms with Crippen molar-refractivity contribution in [1.29, 1.82) is 0 Å². The predicted molar refractivity (Wildman–Crippen MR) is 189 cm³/mol. The minimum atomic E-state index is -4.59. The topological polar surface area (TPSA) is 145 Å². The zero-order chi connectivity index (χ0) is 36.9. The average Bonchev–Trinajstić information content (AvgIpc) is 3.85. The van der Waals surface area contributed by atoms with Crippen LogP contribution in [-0.4, -0.2) is 88.0 Å². The first kappa shape index (κ1) is 38.9. The molecule has 2 saturated carbocycles. The van der Waals surface area contributed by atoms with E-state index in [9.17, 15) is 23.1 Å². The number of imidazole rings is 1. The second kappa shape index (κ2) is 15.6. The fraction of sp³-hybridized carbons (Fsp3) is 0.579. The maximum absolute atomic E-state index is 14.1. The molecule has 2 aliphatic carbocycles. The second-order valence-electron chi connectivity index (χ2n) is 15.4. The standard InChI is InChI=1S/C38H45F3N8O4.Na/c1-48(20-37(21-52-2)10-4-3-5-11-37)30-16-28(23-12-27(22-6-7-22)44-31(13-23)38(39,40)41)45-36-34(30)46-35(47-36)29-17-43-32(18-42-29)49-24-8-9-25(49)15-26(14-24)53-19-33(50)51;/h12-13,16-18,22,24-26H,3-11,14-15,19-21H2,1-2H3,(H,50,51)(H,45,46,47);/q;+1/p-1/t24-,25+,26?;. The number of nitrogens with zero attached hydrogens (tertiary/aromatic N) is 7. The van der Waals surface area contributed by atoms with Crippen molar-refractivity contribution in [2.24, 2.45) is 5.41 Å². The molecule has 4 aromatic rings. The molecular formula is C38H44F3N8NaO4. The number of anilines is 2. The molecule has 54 heavy (non-hydrogen) atoms. The van der Waals surface area contributed by atoms with Gasteiger partial charge in [-0.2, -0.15) is 13.2 Å². The number of aromatic nitrogens is 6. The molecule has 2 aliphatic heterocycles. The number of nitrogens with one attached hydrogen (secondary N) is 1. The number of hydrogen-bond acceptors (Lipinski definition) is 11. The summed E-state index contributed by atoms with van der Waals surface area (Å²) < 4.78 is 53.5. The minimum Gasteiger partial charge on any atom is -0.548 e. The van der Waals surface area contributed by atoms with E-state index in [-0.39, 0.29) is 59.1 Å². The predicted octanol–water partition coefficient (Wildman–Crippen LogP) is 2.68. The van der Waals surface area contributed by atoms with Crippen LogP contribution in [0.25, 0.3) is 33.9 Å². The Kier molecular flexibility index (Phi) is 11.3. The molecule has 6 heterocycles. The van der Waals surface area contributed by atoms with Crippen LogP contribution >= 0.6 is 0 Å². The number of aliphatic carboxylic acids is 1. The molecule has 12 nitrogen and oxygen atoms in total. The van der Waals surface area contributed by atoms with Crippen LogP contribution in [0.2, 0.25) is 0 Å². The fourth-order valence-electron chi connectivity index (χ4n) is 8.92. The largest absolute Gasteiger partial charge is 1.00 e. The third-order valence-corrected chi connectivity index (χ3v) is 11.5. The van der Waals surface area contributed by atoms with Crippen LogP contribution in [0.1, 0.15) is 87.9 Å². The summed E-state index contributed by atoms with van der Waals surface area (Å²) in [4.78, 5) is 42.0. The van der Waals surface area contributed by atoms with Crippen molar-refractivity contribution >= 4 is 28.6 Å². The summed E-state index contributed by atoms with van der Waals surface area (Å²) in [6.07, 6.45) is 9.12. The molecule has 2 saturated heterocycles. The van der Waals surface area contributed by atoms with Gasteiger partial charge < -0.3 is 34.2 Å². The van der Waals surface area contributed by atoms with E-state index in [2.05, 4.69) is 19.8 Å². The maximum Gasteiger partial charge on any atom is 1.00 e. The van der Waals surface area contributed by atoms with Gasteiger partial charge in [-0.05, 0) is 69.6 Å². The van der Waals surface area contributed by atoms with Crippen LogP contribution < -0.4 is 44.5 Å². The molecule has 0 aromatic carbocycles. The van der Waals surface area contributed by atoms with E-state index >= 15 is 0 Å². The Labute approximate surface area is 334 Å². The van der Waals surface area contributed by atoms with Gasteiger partial charge in [0.1, 0.15) is 22.7 Å². The van der Waals surface area contributed by atoms with E-state index in [1.807, 2.05) is 13.1 Å². The van der Waals surface area contributed by atoms with Gasteiger partial charge >= 0.3 is 35.7 Å². The van der Waals surface area contributed by atoms with Crippen molar-refractivity contribution in [2.75, 3.05) is 43.7 Å². The summed E-state index contributed by atoms with van der Waals surface area (Å²) in [7, 11) is 3.73. The summed E-state index contributed by atoms with van der Waals surface area (Å²) >= 11 is 0. The number of rotatable bonds is 12. The third kappa shape index (κ3) is 8.11. The van der Waals surface area contributed by atoms with E-state index in [0.29, 0.717) is 65.6 Å². The van der Waals surface area contributed by atoms with Gasteiger partial charge in [0, 0.05) is 55.4 Å². The zero-order valence-corrected chi connectivity index (χ0v) is 33.0. The number of piperidine rings is 1. The monoisotopic (exact) mass is 756 g/mol. The van der Waals surface area contributed by atoms with Crippen molar-refractivity contribution in [2.45, 2.75) is 101 Å². The Hall–Kier alpha value is -3.37. The van der Waals surface area contributed by atoms with Gasteiger partial charge in [-0.1, -0.05) is 19.3 Å². The summed E-state index contributed by atoms with van der Waals surface area (Å²) in [5, 5.41) is 10.9. The summed E-state index contributed by atoms with van der Waals surface area (Å²) in [5.41, 5.74) is 2.50. The van der Waals surface area contributed by atoms with Crippen LogP contribution in [0.5, 0.6) is 0 Å². The summed E-state index contributed by atoms with van der Waals surface area (Å²) in [5.74, 6) is -0.0154. The molecule has 0 amide bonds. The summed E-state index contributed by atoms with van der Waals surface area (Å²) in [6, 6.07) is 5.02. The van der Waals surface area contributed by atoms with E-state index in [1.165, 1.54) is 6.42 Å². The Balaban J connectivity index is 0.00000450. The molecule has 16 heteroatoms. The first-order chi connectivity index (χ1) is 25.5. The van der Waals surface area contributed by atoms with Crippen LogP contribution in [0.4, 0.5) is 24.7 Å². The number of ether oxygens (including phenoxy) is 2. The van der Waals surface area contributed by atoms with E-state index in [0.717, 1.165) is 68.9 Å². The normalized spacial score (nSPS) is 22.3. The van der Waals surface area contributed by atoms with Gasteiger partial charge in [0.25, 0.3) is 0 Å². The van der Waals surface area contributed by atoms with Crippen molar-refractivity contribution in [3.63, 3.8) is 0 Å². The molecule has 8 rings (SSSR count). The molecule has 1 N–H and O–H groups in total. The number of carboxylic acid groups (broad SMARTS) is 1. The molecule has 2 bridgehead atoms. The number of methoxy groups -OCH3 is 1. The second-order valence-corrected chi connectivity index (χ2v) is 15.4. The Morgan fingerprint density at radius 3 is 2.37 bits per heavy atom. The number of fused-ring (bicyclic) bond motifs is 3. The number of pyridine rings is 2. The van der Waals surface area contributed by atoms with Gasteiger partial charge in [0.05, 0.1) is 49.1 Å².